The SMILES string of the molecule is [2H]C1C(=O)NC(=O)C(N2Cc3cc(C([2H])([2H])N([2H])C(=O)C(F)(F)c4ccc(Cl)cc4)ccc3C2=O)C1([2H])[2H]. The van der Waals surface area contributed by atoms with Crippen molar-refractivity contribution < 1.29 is 36.2 Å². The highest BCUT2D eigenvalue weighted by Crippen LogP contribution is 2.30. The van der Waals surface area contributed by atoms with Gasteiger partial charge >= 0.3 is 5.92 Å². The lowest BCUT2D eigenvalue weighted by molar-refractivity contribution is -0.147. The Morgan fingerprint density at radius 2 is 2.00 bits per heavy atom. The number of halogens is 3. The molecule has 2 N–H and O–H groups in total. The summed E-state index contributed by atoms with van der Waals surface area (Å²) in [7, 11) is 0. The predicted molar refractivity (Wildman–Crippen MR) is 110 cm³/mol. The fourth-order valence-electron chi connectivity index (χ4n) is 3.28. The van der Waals surface area contributed by atoms with Crippen molar-refractivity contribution in [3.63, 3.8) is 0 Å². The highest BCUT2D eigenvalue weighted by atomic mass is 35.5. The number of piperidine rings is 1. The molecule has 4 amide bonds. The highest BCUT2D eigenvalue weighted by Gasteiger charge is 2.41. The first kappa shape index (κ1) is 15.5. The van der Waals surface area contributed by atoms with Gasteiger partial charge in [-0.2, -0.15) is 8.78 Å². The van der Waals surface area contributed by atoms with Gasteiger partial charge in [-0.1, -0.05) is 35.9 Å². The summed E-state index contributed by atoms with van der Waals surface area (Å²) in [5.74, 6) is -9.57. The summed E-state index contributed by atoms with van der Waals surface area (Å²) in [6.45, 7) is -3.54. The molecule has 2 heterocycles. The van der Waals surface area contributed by atoms with E-state index in [9.17, 15) is 28.0 Å². The molecule has 0 aromatic heterocycles. The van der Waals surface area contributed by atoms with E-state index in [1.807, 2.05) is 5.32 Å². The number of carbonyl (C=O) groups is 4. The highest BCUT2D eigenvalue weighted by molar-refractivity contribution is 6.30. The van der Waals surface area contributed by atoms with Crippen LogP contribution in [0.5, 0.6) is 0 Å². The molecule has 1 saturated heterocycles. The van der Waals surface area contributed by atoms with Gasteiger partial charge in [0.25, 0.3) is 11.8 Å². The molecule has 2 aliphatic heterocycles. The zero-order chi connectivity index (χ0) is 28.4. The van der Waals surface area contributed by atoms with Crippen molar-refractivity contribution in [3.05, 3.63) is 69.7 Å². The van der Waals surface area contributed by atoms with Gasteiger partial charge in [0, 0.05) is 39.7 Å². The molecule has 2 aromatic carbocycles. The van der Waals surface area contributed by atoms with Crippen molar-refractivity contribution >= 4 is 35.2 Å². The standard InChI is InChI=1S/C22H18ClF2N3O4/c23-15-4-2-14(3-5-15)22(24,25)21(32)26-10-12-1-6-16-13(9-12)11-28(20(16)31)17-7-8-18(29)27-19(17)30/h1-6,9,17H,7-8,10-11H2,(H,26,32)(H,27,29,30)/i7D2,8D,10D2/hD. The minimum Gasteiger partial charge on any atom is -0.346 e. The van der Waals surface area contributed by atoms with Crippen molar-refractivity contribution in [2.24, 2.45) is 0 Å². The van der Waals surface area contributed by atoms with Crippen molar-refractivity contribution in [1.82, 2.24) is 15.5 Å². The van der Waals surface area contributed by atoms with Crippen molar-refractivity contribution in [2.75, 3.05) is 0 Å². The molecular weight excluding hydrogens is 444 g/mol. The van der Waals surface area contributed by atoms with E-state index in [4.69, 9.17) is 19.9 Å². The minimum atomic E-state index is -4.27. The van der Waals surface area contributed by atoms with E-state index < -0.39 is 77.8 Å². The maximum atomic E-state index is 14.8. The molecule has 2 atom stereocenters. The molecule has 32 heavy (non-hydrogen) atoms. The monoisotopic (exact) mass is 467 g/mol. The Balaban J connectivity index is 1.62. The molecule has 0 saturated carbocycles. The number of imide groups is 1. The lowest BCUT2D eigenvalue weighted by Crippen LogP contribution is -2.52. The second-order valence-corrected chi connectivity index (χ2v) is 7.42. The third-order valence-electron chi connectivity index (χ3n) is 4.88. The van der Waals surface area contributed by atoms with Crippen LogP contribution in [0.4, 0.5) is 8.78 Å². The fourth-order valence-corrected chi connectivity index (χ4v) is 3.40. The maximum absolute atomic E-state index is 14.8. The number of hydrogen-bond acceptors (Lipinski definition) is 4. The molecule has 10 heteroatoms. The Morgan fingerprint density at radius 3 is 2.72 bits per heavy atom. The first-order chi connectivity index (χ1) is 17.5. The number of alkyl halides is 2. The molecule has 4 rings (SSSR count). The lowest BCUT2D eigenvalue weighted by Gasteiger charge is -2.29. The molecule has 0 radical (unpaired) electrons. The van der Waals surface area contributed by atoms with Crippen LogP contribution in [0.3, 0.4) is 0 Å². The molecule has 2 unspecified atom stereocenters. The third-order valence-corrected chi connectivity index (χ3v) is 5.13. The van der Waals surface area contributed by atoms with E-state index in [2.05, 4.69) is 0 Å². The Morgan fingerprint density at radius 1 is 1.28 bits per heavy atom. The summed E-state index contributed by atoms with van der Waals surface area (Å²) in [6, 6.07) is 5.25. The van der Waals surface area contributed by atoms with Crippen LogP contribution in [0, 0.1) is 0 Å². The van der Waals surface area contributed by atoms with E-state index in [1.54, 1.807) is 0 Å². The third kappa shape index (κ3) is 4.08. The molecule has 0 aliphatic carbocycles. The van der Waals surface area contributed by atoms with E-state index >= 15 is 0 Å². The molecule has 1 fully saturated rings. The largest absolute Gasteiger partial charge is 0.349 e. The quantitative estimate of drug-likeness (QED) is 0.660. The van der Waals surface area contributed by atoms with Crippen molar-refractivity contribution in [2.45, 2.75) is 37.8 Å². The minimum absolute atomic E-state index is 0.0590. The van der Waals surface area contributed by atoms with Crippen molar-refractivity contribution in [1.29, 1.82) is 0 Å². The molecule has 2 aliphatic rings. The number of fused-ring (bicyclic) bond motifs is 1. The maximum Gasteiger partial charge on any atom is 0.349 e. The number of nitrogens with zero attached hydrogens (tertiary/aromatic N) is 1. The number of carbonyl (C=O) groups excluding carboxylic acids is 4. The fraction of sp³-hybridized carbons (Fsp3) is 0.273. The molecule has 166 valence electrons. The smallest absolute Gasteiger partial charge is 0.346 e. The van der Waals surface area contributed by atoms with Gasteiger partial charge in [-0.25, -0.2) is 0 Å². The van der Waals surface area contributed by atoms with Crippen LogP contribution in [-0.4, -0.2) is 34.6 Å². The summed E-state index contributed by atoms with van der Waals surface area (Å²) in [6.07, 6.45) is -4.75. The van der Waals surface area contributed by atoms with Crippen LogP contribution < -0.4 is 10.6 Å². The Bertz CT molecular complexity index is 1360. The van der Waals surface area contributed by atoms with Gasteiger partial charge in [0.15, 0.2) is 1.41 Å². The van der Waals surface area contributed by atoms with Gasteiger partial charge in [0.2, 0.25) is 11.8 Å². The van der Waals surface area contributed by atoms with Gasteiger partial charge in [0.05, 0.1) is 2.74 Å². The van der Waals surface area contributed by atoms with Crippen LogP contribution in [0.2, 0.25) is 6.43 Å². The van der Waals surface area contributed by atoms with Gasteiger partial charge in [-0.3, -0.25) is 24.5 Å². The first-order valence-electron chi connectivity index (χ1n) is 12.2. The van der Waals surface area contributed by atoms with E-state index in [1.165, 1.54) is 0 Å². The number of benzene rings is 2. The zero-order valence-corrected chi connectivity index (χ0v) is 16.8. The Labute approximate surface area is 195 Å². The normalized spacial score (nSPS) is 25.5. The van der Waals surface area contributed by atoms with E-state index in [-0.39, 0.29) is 16.1 Å². The summed E-state index contributed by atoms with van der Waals surface area (Å²) in [5, 5.41) is 1.46. The van der Waals surface area contributed by atoms with Crippen LogP contribution in [-0.2, 0) is 33.3 Å². The van der Waals surface area contributed by atoms with Gasteiger partial charge in [-0.05, 0) is 35.7 Å². The second kappa shape index (κ2) is 8.31. The van der Waals surface area contributed by atoms with Crippen LogP contribution >= 0.6 is 11.6 Å². The van der Waals surface area contributed by atoms with E-state index in [0.717, 1.165) is 47.4 Å². The van der Waals surface area contributed by atoms with E-state index in [0.29, 0.717) is 0 Å². The number of hydrogen-bond donors (Lipinski definition) is 2. The van der Waals surface area contributed by atoms with Crippen LogP contribution in [0.15, 0.2) is 42.5 Å². The molecule has 0 bridgehead atoms. The predicted octanol–water partition coefficient (Wildman–Crippen LogP) is 2.51. The second-order valence-electron chi connectivity index (χ2n) is 6.98. The molecular formula is C22H18ClF2N3O4. The summed E-state index contributed by atoms with van der Waals surface area (Å²) >= 11 is 5.68. The number of amides is 4. The van der Waals surface area contributed by atoms with Crippen LogP contribution in [0.25, 0.3) is 0 Å². The summed E-state index contributed by atoms with van der Waals surface area (Å²) < 4.78 is 77.9. The van der Waals surface area contributed by atoms with Gasteiger partial charge < -0.3 is 10.2 Å². The number of nitrogens with one attached hydrogen (secondary N) is 2. The van der Waals surface area contributed by atoms with Crippen LogP contribution in [0.1, 0.15) is 46.7 Å². The van der Waals surface area contributed by atoms with Gasteiger partial charge in [0.1, 0.15) is 6.04 Å². The number of rotatable bonds is 5. The van der Waals surface area contributed by atoms with Crippen molar-refractivity contribution in [3.8, 4) is 0 Å². The lowest BCUT2D eigenvalue weighted by atomic mass is 10.0. The Kier molecular flexibility index (Phi) is 4.02. The summed E-state index contributed by atoms with van der Waals surface area (Å²) in [5.41, 5.74) is -1.25. The van der Waals surface area contributed by atoms with Gasteiger partial charge in [-0.15, -0.1) is 0 Å². The molecule has 2 aromatic rings. The average Bonchev–Trinajstić information content (AvgIpc) is 3.16. The Hall–Kier alpha value is -3.33. The topological polar surface area (TPSA) is 95.6 Å². The molecule has 0 spiro atoms. The molecule has 7 nitrogen and oxygen atoms in total. The zero-order valence-electron chi connectivity index (χ0n) is 22.1. The average molecular weight is 468 g/mol. The summed E-state index contributed by atoms with van der Waals surface area (Å²) in [4.78, 5) is 50.4. The first-order valence-corrected chi connectivity index (χ1v) is 9.57.